The maximum atomic E-state index is 13.6. The quantitative estimate of drug-likeness (QED) is 0.617. The highest BCUT2D eigenvalue weighted by Gasteiger charge is 2.35. The molecule has 2 aromatic heterocycles. The summed E-state index contributed by atoms with van der Waals surface area (Å²) in [6.45, 7) is 0. The van der Waals surface area contributed by atoms with Gasteiger partial charge in [-0.15, -0.1) is 0 Å². The lowest BCUT2D eigenvalue weighted by Crippen LogP contribution is -2.32. The van der Waals surface area contributed by atoms with Gasteiger partial charge in [-0.2, -0.15) is 18.3 Å². The van der Waals surface area contributed by atoms with Crippen molar-refractivity contribution in [3.63, 3.8) is 0 Å². The van der Waals surface area contributed by atoms with Crippen molar-refractivity contribution in [1.29, 1.82) is 0 Å². The molecule has 1 fully saturated rings. The van der Waals surface area contributed by atoms with Gasteiger partial charge in [0.15, 0.2) is 17.0 Å². The number of benzene rings is 1. The molecule has 146 valence electrons. The summed E-state index contributed by atoms with van der Waals surface area (Å²) >= 11 is 3.30. The molecule has 0 spiro atoms. The van der Waals surface area contributed by atoms with Crippen molar-refractivity contribution < 1.29 is 18.0 Å². The van der Waals surface area contributed by atoms with Crippen molar-refractivity contribution in [2.75, 3.05) is 0 Å². The van der Waals surface area contributed by atoms with Crippen molar-refractivity contribution in [3.8, 4) is 11.3 Å². The van der Waals surface area contributed by atoms with E-state index in [4.69, 9.17) is 0 Å². The van der Waals surface area contributed by atoms with Crippen LogP contribution in [0.25, 0.3) is 16.9 Å². The van der Waals surface area contributed by atoms with E-state index < -0.39 is 17.8 Å². The van der Waals surface area contributed by atoms with E-state index in [1.54, 1.807) is 24.3 Å². The van der Waals surface area contributed by atoms with Crippen molar-refractivity contribution in [2.45, 2.75) is 37.9 Å². The fourth-order valence-corrected chi connectivity index (χ4v) is 3.65. The van der Waals surface area contributed by atoms with Crippen LogP contribution in [0.5, 0.6) is 0 Å². The first kappa shape index (κ1) is 18.9. The summed E-state index contributed by atoms with van der Waals surface area (Å²) in [4.78, 5) is 16.7. The number of hydrogen-bond donors (Lipinski definition) is 1. The number of nitrogens with one attached hydrogen (secondary N) is 1. The van der Waals surface area contributed by atoms with Crippen LogP contribution < -0.4 is 5.32 Å². The Labute approximate surface area is 167 Å². The van der Waals surface area contributed by atoms with Crippen LogP contribution in [0, 0.1) is 0 Å². The van der Waals surface area contributed by atoms with E-state index in [1.807, 2.05) is 0 Å². The lowest BCUT2D eigenvalue weighted by Gasteiger charge is -2.11. The molecule has 0 atom stereocenters. The Morgan fingerprint density at radius 1 is 1.14 bits per heavy atom. The molecule has 0 saturated heterocycles. The van der Waals surface area contributed by atoms with Crippen molar-refractivity contribution in [1.82, 2.24) is 19.9 Å². The van der Waals surface area contributed by atoms with Gasteiger partial charge in [0.1, 0.15) is 0 Å². The number of carbonyl (C=O) groups excluding carboxylic acids is 1. The van der Waals surface area contributed by atoms with E-state index in [0.717, 1.165) is 36.2 Å². The van der Waals surface area contributed by atoms with Crippen LogP contribution >= 0.6 is 15.9 Å². The summed E-state index contributed by atoms with van der Waals surface area (Å²) in [7, 11) is 0. The van der Waals surface area contributed by atoms with Crippen LogP contribution in [0.4, 0.5) is 13.2 Å². The number of rotatable bonds is 3. The zero-order valence-electron chi connectivity index (χ0n) is 14.6. The van der Waals surface area contributed by atoms with E-state index in [0.29, 0.717) is 10.1 Å². The van der Waals surface area contributed by atoms with Gasteiger partial charge >= 0.3 is 6.18 Å². The maximum Gasteiger partial charge on any atom is 0.433 e. The van der Waals surface area contributed by atoms with Gasteiger partial charge in [0.2, 0.25) is 0 Å². The Balaban J connectivity index is 1.77. The Bertz CT molecular complexity index is 1020. The molecule has 1 N–H and O–H groups in total. The highest BCUT2D eigenvalue weighted by Crippen LogP contribution is 2.32. The molecular formula is C19H16BrF3N4O. The smallest absolute Gasteiger partial charge is 0.348 e. The lowest BCUT2D eigenvalue weighted by molar-refractivity contribution is -0.142. The average Bonchev–Trinajstić information content (AvgIpc) is 3.29. The minimum Gasteiger partial charge on any atom is -0.348 e. The molecule has 0 radical (unpaired) electrons. The van der Waals surface area contributed by atoms with Gasteiger partial charge in [-0.1, -0.05) is 40.9 Å². The second-order valence-corrected chi connectivity index (χ2v) is 7.70. The van der Waals surface area contributed by atoms with E-state index in [9.17, 15) is 18.0 Å². The summed E-state index contributed by atoms with van der Waals surface area (Å²) < 4.78 is 42.4. The van der Waals surface area contributed by atoms with Gasteiger partial charge < -0.3 is 5.32 Å². The molecule has 2 heterocycles. The Morgan fingerprint density at radius 3 is 2.46 bits per heavy atom. The van der Waals surface area contributed by atoms with Crippen LogP contribution in [-0.2, 0) is 6.18 Å². The third-order valence-corrected chi connectivity index (χ3v) is 5.31. The molecular weight excluding hydrogens is 437 g/mol. The molecule has 1 aliphatic carbocycles. The number of amides is 1. The van der Waals surface area contributed by atoms with Crippen LogP contribution in [0.2, 0.25) is 0 Å². The standard InChI is InChI=1S/C19H16BrF3N4O/c20-12-7-5-11(6-8-12)14-9-16(19(21,22)23)27-17(25-14)10-15(26-27)18(28)24-13-3-1-2-4-13/h5-10,13H,1-4H2,(H,24,28). The first-order valence-electron chi connectivity index (χ1n) is 8.86. The average molecular weight is 453 g/mol. The Hall–Kier alpha value is -2.42. The maximum absolute atomic E-state index is 13.6. The van der Waals surface area contributed by atoms with E-state index in [-0.39, 0.29) is 23.1 Å². The van der Waals surface area contributed by atoms with Gasteiger partial charge in [-0.3, -0.25) is 4.79 Å². The molecule has 9 heteroatoms. The van der Waals surface area contributed by atoms with E-state index in [1.165, 1.54) is 6.07 Å². The zero-order valence-corrected chi connectivity index (χ0v) is 16.2. The second kappa shape index (κ2) is 7.20. The number of aromatic nitrogens is 3. The van der Waals surface area contributed by atoms with Gasteiger partial charge in [-0.05, 0) is 31.0 Å². The Morgan fingerprint density at radius 2 is 1.82 bits per heavy atom. The predicted molar refractivity (Wildman–Crippen MR) is 101 cm³/mol. The van der Waals surface area contributed by atoms with Crippen molar-refractivity contribution in [3.05, 3.63) is 52.3 Å². The number of nitrogens with zero attached hydrogens (tertiary/aromatic N) is 3. The third-order valence-electron chi connectivity index (χ3n) is 4.78. The summed E-state index contributed by atoms with van der Waals surface area (Å²) in [5, 5.41) is 6.72. The van der Waals surface area contributed by atoms with Crippen LogP contribution in [0.3, 0.4) is 0 Å². The molecule has 1 aromatic carbocycles. The van der Waals surface area contributed by atoms with E-state index >= 15 is 0 Å². The molecule has 3 aromatic rings. The normalized spacial score (nSPS) is 15.3. The summed E-state index contributed by atoms with van der Waals surface area (Å²) in [5.74, 6) is -0.476. The highest BCUT2D eigenvalue weighted by molar-refractivity contribution is 9.10. The van der Waals surface area contributed by atoms with Gasteiger partial charge in [0, 0.05) is 22.1 Å². The summed E-state index contributed by atoms with van der Waals surface area (Å²) in [6, 6.07) is 9.09. The molecule has 5 nitrogen and oxygen atoms in total. The molecule has 28 heavy (non-hydrogen) atoms. The lowest BCUT2D eigenvalue weighted by atomic mass is 10.1. The highest BCUT2D eigenvalue weighted by atomic mass is 79.9. The van der Waals surface area contributed by atoms with Crippen LogP contribution in [-0.4, -0.2) is 26.5 Å². The van der Waals surface area contributed by atoms with Gasteiger partial charge in [0.25, 0.3) is 5.91 Å². The first-order valence-corrected chi connectivity index (χ1v) is 9.65. The Kier molecular flexibility index (Phi) is 4.86. The van der Waals surface area contributed by atoms with Gasteiger partial charge in [0.05, 0.1) is 5.69 Å². The zero-order chi connectivity index (χ0) is 19.9. The van der Waals surface area contributed by atoms with Gasteiger partial charge in [-0.25, -0.2) is 9.50 Å². The third kappa shape index (κ3) is 3.76. The summed E-state index contributed by atoms with van der Waals surface area (Å²) in [5.41, 5.74) is -0.373. The minimum absolute atomic E-state index is 0.0238. The topological polar surface area (TPSA) is 59.3 Å². The number of carbonyl (C=O) groups is 1. The van der Waals surface area contributed by atoms with Crippen molar-refractivity contribution >= 4 is 27.5 Å². The molecule has 1 saturated carbocycles. The largest absolute Gasteiger partial charge is 0.433 e. The number of fused-ring (bicyclic) bond motifs is 1. The number of halogens is 4. The SMILES string of the molecule is O=C(NC1CCCC1)c1cc2nc(-c3ccc(Br)cc3)cc(C(F)(F)F)n2n1. The predicted octanol–water partition coefficient (Wildman–Crippen LogP) is 4.85. The minimum atomic E-state index is -4.64. The number of alkyl halides is 3. The van der Waals surface area contributed by atoms with E-state index in [2.05, 4.69) is 31.3 Å². The number of hydrogen-bond acceptors (Lipinski definition) is 3. The molecule has 4 rings (SSSR count). The summed E-state index contributed by atoms with van der Waals surface area (Å²) in [6.07, 6.45) is -0.826. The molecule has 0 aliphatic heterocycles. The van der Waals surface area contributed by atoms with Crippen LogP contribution in [0.15, 0.2) is 40.9 Å². The van der Waals surface area contributed by atoms with Crippen LogP contribution in [0.1, 0.15) is 41.9 Å². The van der Waals surface area contributed by atoms with Crippen molar-refractivity contribution in [2.24, 2.45) is 0 Å². The second-order valence-electron chi connectivity index (χ2n) is 6.79. The molecule has 0 bridgehead atoms. The molecule has 1 amide bonds. The fraction of sp³-hybridized carbons (Fsp3) is 0.316. The molecule has 0 unspecified atom stereocenters. The molecule has 1 aliphatic rings. The first-order chi connectivity index (χ1) is 13.3. The monoisotopic (exact) mass is 452 g/mol. The fourth-order valence-electron chi connectivity index (χ4n) is 3.39.